The van der Waals surface area contributed by atoms with E-state index in [0.29, 0.717) is 19.0 Å². The van der Waals surface area contributed by atoms with Crippen LogP contribution in [0.15, 0.2) is 5.16 Å². The fraction of sp³-hybridized carbons (Fsp3) is 0.778. The van der Waals surface area contributed by atoms with Crippen LogP contribution in [-0.2, 0) is 20.3 Å². The van der Waals surface area contributed by atoms with Crippen molar-refractivity contribution in [2.75, 3.05) is 6.61 Å². The van der Waals surface area contributed by atoms with Crippen LogP contribution in [-0.4, -0.2) is 29.8 Å². The zero-order valence-corrected chi connectivity index (χ0v) is 11.0. The van der Waals surface area contributed by atoms with Gasteiger partial charge in [-0.25, -0.2) is 8.42 Å². The van der Waals surface area contributed by atoms with Gasteiger partial charge in [0.2, 0.25) is 0 Å². The van der Waals surface area contributed by atoms with Crippen LogP contribution >= 0.6 is 10.7 Å². The van der Waals surface area contributed by atoms with Gasteiger partial charge in [0.1, 0.15) is 6.10 Å². The molecule has 1 saturated heterocycles. The molecule has 0 amide bonds. The molecule has 1 unspecified atom stereocenters. The second kappa shape index (κ2) is 4.91. The predicted octanol–water partition coefficient (Wildman–Crippen LogP) is 1.47. The van der Waals surface area contributed by atoms with Gasteiger partial charge in [-0.15, -0.1) is 10.2 Å². The fourth-order valence-electron chi connectivity index (χ4n) is 1.96. The van der Waals surface area contributed by atoms with Gasteiger partial charge in [0.15, 0.2) is 5.82 Å². The van der Waals surface area contributed by atoms with E-state index in [4.69, 9.17) is 15.4 Å². The largest absolute Gasteiger partial charge is 0.370 e. The zero-order chi connectivity index (χ0) is 12.5. The molecular formula is C9H14ClN3O3S. The summed E-state index contributed by atoms with van der Waals surface area (Å²) in [7, 11) is 1.45. The quantitative estimate of drug-likeness (QED) is 0.783. The molecule has 1 atom stereocenters. The van der Waals surface area contributed by atoms with E-state index < -0.39 is 9.05 Å². The second-order valence-electron chi connectivity index (χ2n) is 3.88. The summed E-state index contributed by atoms with van der Waals surface area (Å²) in [6, 6.07) is 0. The molecule has 6 nitrogen and oxygen atoms in total. The highest BCUT2D eigenvalue weighted by molar-refractivity contribution is 8.13. The molecule has 0 spiro atoms. The minimum Gasteiger partial charge on any atom is -0.370 e. The van der Waals surface area contributed by atoms with E-state index in [1.807, 2.05) is 6.92 Å². The van der Waals surface area contributed by atoms with Crippen LogP contribution in [0.4, 0.5) is 0 Å². The monoisotopic (exact) mass is 279 g/mol. The van der Waals surface area contributed by atoms with Crippen molar-refractivity contribution >= 4 is 19.7 Å². The van der Waals surface area contributed by atoms with Crippen LogP contribution in [0, 0.1) is 0 Å². The summed E-state index contributed by atoms with van der Waals surface area (Å²) in [5, 5.41) is 7.35. The lowest BCUT2D eigenvalue weighted by atomic mass is 10.1. The van der Waals surface area contributed by atoms with E-state index in [2.05, 4.69) is 10.2 Å². The molecule has 0 radical (unpaired) electrons. The van der Waals surface area contributed by atoms with Crippen molar-refractivity contribution in [1.82, 2.24) is 14.8 Å². The van der Waals surface area contributed by atoms with Gasteiger partial charge in [0.25, 0.3) is 14.2 Å². The molecule has 0 N–H and O–H groups in total. The molecule has 0 saturated carbocycles. The molecule has 0 aliphatic carbocycles. The molecule has 0 bridgehead atoms. The van der Waals surface area contributed by atoms with Crippen LogP contribution in [0.1, 0.15) is 38.1 Å². The summed E-state index contributed by atoms with van der Waals surface area (Å²) in [4.78, 5) is 0. The first kappa shape index (κ1) is 12.8. The number of halogens is 1. The highest BCUT2D eigenvalue weighted by atomic mass is 35.7. The average molecular weight is 280 g/mol. The Bertz CT molecular complexity index is 494. The number of hydrogen-bond acceptors (Lipinski definition) is 5. The van der Waals surface area contributed by atoms with E-state index >= 15 is 0 Å². The Morgan fingerprint density at radius 3 is 2.76 bits per heavy atom. The predicted molar refractivity (Wildman–Crippen MR) is 61.3 cm³/mol. The van der Waals surface area contributed by atoms with Gasteiger partial charge in [-0.05, 0) is 26.2 Å². The van der Waals surface area contributed by atoms with Gasteiger partial charge in [0, 0.05) is 23.8 Å². The molecule has 96 valence electrons. The van der Waals surface area contributed by atoms with Crippen LogP contribution in [0.3, 0.4) is 0 Å². The van der Waals surface area contributed by atoms with E-state index in [0.717, 1.165) is 19.3 Å². The summed E-state index contributed by atoms with van der Waals surface area (Å²) in [6.07, 6.45) is 2.73. The van der Waals surface area contributed by atoms with Gasteiger partial charge >= 0.3 is 0 Å². The Morgan fingerprint density at radius 1 is 1.47 bits per heavy atom. The van der Waals surface area contributed by atoms with Gasteiger partial charge < -0.3 is 4.74 Å². The molecule has 1 aromatic rings. The normalized spacial score (nSPS) is 21.6. The Kier molecular flexibility index (Phi) is 3.70. The minimum absolute atomic E-state index is 0.177. The third-order valence-electron chi connectivity index (χ3n) is 2.75. The summed E-state index contributed by atoms with van der Waals surface area (Å²) in [5.41, 5.74) is 0. The standard InChI is InChI=1S/C9H14ClN3O3S/c1-2-13-8(7-5-3-4-6-16-7)11-12-9(13)17(10,14)15/h7H,2-6H2,1H3. The highest BCUT2D eigenvalue weighted by Crippen LogP contribution is 2.28. The molecule has 2 heterocycles. The van der Waals surface area contributed by atoms with Crippen molar-refractivity contribution in [3.05, 3.63) is 5.82 Å². The average Bonchev–Trinajstić information content (AvgIpc) is 2.73. The van der Waals surface area contributed by atoms with E-state index in [9.17, 15) is 8.42 Å². The smallest absolute Gasteiger partial charge is 0.296 e. The summed E-state index contributed by atoms with van der Waals surface area (Å²) in [6.45, 7) is 2.94. The molecule has 1 fully saturated rings. The van der Waals surface area contributed by atoms with Crippen molar-refractivity contribution in [2.24, 2.45) is 0 Å². The Balaban J connectivity index is 2.38. The molecule has 0 aromatic carbocycles. The van der Waals surface area contributed by atoms with Gasteiger partial charge in [-0.1, -0.05) is 0 Å². The summed E-state index contributed by atoms with van der Waals surface area (Å²) in [5.74, 6) is 0.548. The van der Waals surface area contributed by atoms with Crippen molar-refractivity contribution in [3.63, 3.8) is 0 Å². The van der Waals surface area contributed by atoms with E-state index in [-0.39, 0.29) is 11.3 Å². The van der Waals surface area contributed by atoms with Crippen LogP contribution in [0.2, 0.25) is 0 Å². The number of hydrogen-bond donors (Lipinski definition) is 0. The van der Waals surface area contributed by atoms with Crippen molar-refractivity contribution in [1.29, 1.82) is 0 Å². The SMILES string of the molecule is CCn1c(C2CCCCO2)nnc1S(=O)(=O)Cl. The third-order valence-corrected chi connectivity index (χ3v) is 3.90. The minimum atomic E-state index is -3.86. The van der Waals surface area contributed by atoms with Crippen molar-refractivity contribution < 1.29 is 13.2 Å². The molecule has 1 aliphatic rings. The zero-order valence-electron chi connectivity index (χ0n) is 9.47. The second-order valence-corrected chi connectivity index (χ2v) is 6.34. The van der Waals surface area contributed by atoms with Crippen LogP contribution in [0.5, 0.6) is 0 Å². The Hall–Kier alpha value is -0.660. The molecule has 1 aliphatic heterocycles. The maximum Gasteiger partial charge on any atom is 0.296 e. The molecule has 2 rings (SSSR count). The first-order valence-electron chi connectivity index (χ1n) is 5.53. The van der Waals surface area contributed by atoms with Gasteiger partial charge in [-0.3, -0.25) is 4.57 Å². The van der Waals surface area contributed by atoms with Crippen molar-refractivity contribution in [2.45, 2.75) is 44.0 Å². The number of nitrogens with zero attached hydrogens (tertiary/aromatic N) is 3. The lowest BCUT2D eigenvalue weighted by Crippen LogP contribution is -2.17. The topological polar surface area (TPSA) is 74.1 Å². The maximum absolute atomic E-state index is 11.3. The maximum atomic E-state index is 11.3. The lowest BCUT2D eigenvalue weighted by Gasteiger charge is -2.22. The van der Waals surface area contributed by atoms with Gasteiger partial charge in [0.05, 0.1) is 0 Å². The molecule has 1 aromatic heterocycles. The molecular weight excluding hydrogens is 266 g/mol. The first-order chi connectivity index (χ1) is 8.04. The van der Waals surface area contributed by atoms with Crippen LogP contribution in [0.25, 0.3) is 0 Å². The Morgan fingerprint density at radius 2 is 2.24 bits per heavy atom. The number of aromatic nitrogens is 3. The summed E-state index contributed by atoms with van der Waals surface area (Å²) >= 11 is 0. The van der Waals surface area contributed by atoms with E-state index in [1.54, 1.807) is 0 Å². The lowest BCUT2D eigenvalue weighted by molar-refractivity contribution is 0.00691. The van der Waals surface area contributed by atoms with Crippen LogP contribution < -0.4 is 0 Å². The van der Waals surface area contributed by atoms with E-state index in [1.165, 1.54) is 4.57 Å². The third kappa shape index (κ3) is 2.61. The van der Waals surface area contributed by atoms with Gasteiger partial charge in [-0.2, -0.15) is 0 Å². The number of ether oxygens (including phenoxy) is 1. The van der Waals surface area contributed by atoms with Crippen molar-refractivity contribution in [3.8, 4) is 0 Å². The summed E-state index contributed by atoms with van der Waals surface area (Å²) < 4.78 is 29.7. The molecule has 8 heteroatoms. The highest BCUT2D eigenvalue weighted by Gasteiger charge is 2.27. The first-order valence-corrected chi connectivity index (χ1v) is 7.84. The number of rotatable bonds is 3. The fourth-order valence-corrected chi connectivity index (χ4v) is 2.93. The Labute approximate surface area is 104 Å². The molecule has 17 heavy (non-hydrogen) atoms.